The normalized spacial score (nSPS) is 14.1. The molecular weight excluding hydrogens is 320 g/mol. The number of carbonyl (C=O) groups is 2. The van der Waals surface area contributed by atoms with Crippen molar-refractivity contribution in [3.63, 3.8) is 0 Å². The zero-order valence-corrected chi connectivity index (χ0v) is 15.2. The van der Waals surface area contributed by atoms with Gasteiger partial charge in [0.05, 0.1) is 12.5 Å². The molecule has 0 aliphatic carbocycles. The van der Waals surface area contributed by atoms with Crippen LogP contribution < -0.4 is 5.73 Å². The van der Waals surface area contributed by atoms with Crippen LogP contribution in [0.3, 0.4) is 0 Å². The lowest BCUT2D eigenvalue weighted by Gasteiger charge is -2.24. The Bertz CT molecular complexity index is 745. The van der Waals surface area contributed by atoms with Crippen LogP contribution in [-0.2, 0) is 25.5 Å². The number of hydrogen-bond acceptors (Lipinski definition) is 5. The summed E-state index contributed by atoms with van der Waals surface area (Å²) in [7, 11) is 0. The summed E-state index contributed by atoms with van der Waals surface area (Å²) in [5, 5.41) is 1.11. The second kappa shape index (κ2) is 7.70. The summed E-state index contributed by atoms with van der Waals surface area (Å²) in [6.45, 7) is 7.79. The second-order valence-corrected chi connectivity index (χ2v) is 7.26. The van der Waals surface area contributed by atoms with Gasteiger partial charge >= 0.3 is 5.97 Å². The molecule has 0 fully saturated rings. The Hall–Kier alpha value is -2.34. The molecule has 1 aromatic heterocycles. The molecule has 1 aromatic carbocycles. The van der Waals surface area contributed by atoms with Crippen LogP contribution in [0.5, 0.6) is 0 Å². The minimum atomic E-state index is -0.646. The lowest BCUT2D eigenvalue weighted by molar-refractivity contribution is -0.157. The summed E-state index contributed by atoms with van der Waals surface area (Å²) in [6.07, 6.45) is -0.232. The van der Waals surface area contributed by atoms with E-state index in [9.17, 15) is 9.59 Å². The SMILES string of the molecule is Cc1cccc2[nH]c(CC(OC=O)C(N)CC(=O)OC(C)(C)C)cc12. The quantitative estimate of drug-likeness (QED) is 0.594. The van der Waals surface area contributed by atoms with Crippen molar-refractivity contribution in [2.24, 2.45) is 5.73 Å². The first-order valence-corrected chi connectivity index (χ1v) is 8.33. The molecule has 0 aliphatic heterocycles. The molecule has 6 heteroatoms. The summed E-state index contributed by atoms with van der Waals surface area (Å²) < 4.78 is 10.4. The molecular formula is C19H26N2O4. The van der Waals surface area contributed by atoms with Crippen molar-refractivity contribution in [2.45, 2.75) is 58.3 Å². The highest BCUT2D eigenvalue weighted by atomic mass is 16.6. The van der Waals surface area contributed by atoms with Crippen LogP contribution in [0, 0.1) is 6.92 Å². The maximum absolute atomic E-state index is 12.0. The first-order valence-electron chi connectivity index (χ1n) is 8.33. The highest BCUT2D eigenvalue weighted by Gasteiger charge is 2.26. The van der Waals surface area contributed by atoms with E-state index in [1.165, 1.54) is 0 Å². The number of aromatic nitrogens is 1. The van der Waals surface area contributed by atoms with E-state index in [1.54, 1.807) is 20.8 Å². The zero-order valence-electron chi connectivity index (χ0n) is 15.2. The standard InChI is InChI=1S/C19H26N2O4/c1-12-6-5-7-16-14(12)8-13(21-16)9-17(24-11-22)15(20)10-18(23)25-19(2,3)4/h5-8,11,15,17,21H,9-10,20H2,1-4H3. The predicted octanol–water partition coefficient (Wildman–Crippen LogP) is 2.62. The van der Waals surface area contributed by atoms with Gasteiger partial charge in [-0.2, -0.15) is 0 Å². The Labute approximate surface area is 147 Å². The third kappa shape index (κ3) is 5.32. The van der Waals surface area contributed by atoms with E-state index in [0.29, 0.717) is 12.9 Å². The summed E-state index contributed by atoms with van der Waals surface area (Å²) >= 11 is 0. The Balaban J connectivity index is 2.09. The number of nitrogens with two attached hydrogens (primary N) is 1. The highest BCUT2D eigenvalue weighted by molar-refractivity contribution is 5.83. The number of esters is 1. The monoisotopic (exact) mass is 346 g/mol. The van der Waals surface area contributed by atoms with Crippen molar-refractivity contribution in [3.05, 3.63) is 35.5 Å². The molecule has 0 amide bonds. The van der Waals surface area contributed by atoms with Gasteiger partial charge in [0.15, 0.2) is 0 Å². The van der Waals surface area contributed by atoms with Gasteiger partial charge in [-0.3, -0.25) is 9.59 Å². The predicted molar refractivity (Wildman–Crippen MR) is 96.1 cm³/mol. The summed E-state index contributed by atoms with van der Waals surface area (Å²) in [6, 6.07) is 7.38. The average Bonchev–Trinajstić information content (AvgIpc) is 2.88. The van der Waals surface area contributed by atoms with E-state index < -0.39 is 23.7 Å². The molecule has 2 atom stereocenters. The molecule has 2 unspecified atom stereocenters. The largest absolute Gasteiger partial charge is 0.462 e. The Kier molecular flexibility index (Phi) is 5.85. The third-order valence-corrected chi connectivity index (χ3v) is 3.89. The minimum Gasteiger partial charge on any atom is -0.462 e. The van der Waals surface area contributed by atoms with Crippen molar-refractivity contribution >= 4 is 23.3 Å². The number of nitrogens with one attached hydrogen (secondary N) is 1. The number of aryl methyl sites for hydroxylation is 1. The van der Waals surface area contributed by atoms with Crippen molar-refractivity contribution in [2.75, 3.05) is 0 Å². The van der Waals surface area contributed by atoms with Crippen molar-refractivity contribution in [3.8, 4) is 0 Å². The fourth-order valence-corrected chi connectivity index (χ4v) is 2.77. The highest BCUT2D eigenvalue weighted by Crippen LogP contribution is 2.21. The van der Waals surface area contributed by atoms with Gasteiger partial charge in [-0.25, -0.2) is 0 Å². The van der Waals surface area contributed by atoms with Crippen LogP contribution in [-0.4, -0.2) is 35.2 Å². The topological polar surface area (TPSA) is 94.4 Å². The molecule has 0 saturated heterocycles. The number of fused-ring (bicyclic) bond motifs is 1. The summed E-state index contributed by atoms with van der Waals surface area (Å²) in [5.41, 5.74) is 8.59. The molecule has 0 radical (unpaired) electrons. The number of carbonyl (C=O) groups excluding carboxylic acids is 2. The van der Waals surface area contributed by atoms with Gasteiger partial charge in [0.2, 0.25) is 0 Å². The molecule has 0 aliphatic rings. The van der Waals surface area contributed by atoms with E-state index in [-0.39, 0.29) is 6.42 Å². The minimum absolute atomic E-state index is 0.0188. The summed E-state index contributed by atoms with van der Waals surface area (Å²) in [5.74, 6) is -0.410. The first-order chi connectivity index (χ1) is 11.7. The number of rotatable bonds is 7. The van der Waals surface area contributed by atoms with E-state index in [1.807, 2.05) is 31.2 Å². The zero-order chi connectivity index (χ0) is 18.6. The maximum atomic E-state index is 12.0. The van der Waals surface area contributed by atoms with E-state index in [0.717, 1.165) is 22.2 Å². The third-order valence-electron chi connectivity index (χ3n) is 3.89. The van der Waals surface area contributed by atoms with Gasteiger partial charge in [-0.15, -0.1) is 0 Å². The van der Waals surface area contributed by atoms with Crippen LogP contribution in [0.1, 0.15) is 38.4 Å². The number of ether oxygens (including phenoxy) is 2. The molecule has 6 nitrogen and oxygen atoms in total. The maximum Gasteiger partial charge on any atom is 0.308 e. The van der Waals surface area contributed by atoms with Crippen LogP contribution in [0.2, 0.25) is 0 Å². The smallest absolute Gasteiger partial charge is 0.308 e. The number of hydrogen-bond donors (Lipinski definition) is 2. The van der Waals surface area contributed by atoms with Crippen molar-refractivity contribution in [1.82, 2.24) is 4.98 Å². The fourth-order valence-electron chi connectivity index (χ4n) is 2.77. The van der Waals surface area contributed by atoms with Crippen LogP contribution in [0.25, 0.3) is 10.9 Å². The molecule has 2 rings (SSSR count). The van der Waals surface area contributed by atoms with Gasteiger partial charge in [-0.1, -0.05) is 12.1 Å². The molecule has 0 bridgehead atoms. The van der Waals surface area contributed by atoms with Gasteiger partial charge in [0.1, 0.15) is 11.7 Å². The van der Waals surface area contributed by atoms with Crippen molar-refractivity contribution in [1.29, 1.82) is 0 Å². The second-order valence-electron chi connectivity index (χ2n) is 7.26. The Morgan fingerprint density at radius 1 is 1.36 bits per heavy atom. The average molecular weight is 346 g/mol. The molecule has 136 valence electrons. The van der Waals surface area contributed by atoms with Crippen molar-refractivity contribution < 1.29 is 19.1 Å². The molecule has 3 N–H and O–H groups in total. The number of H-pyrrole nitrogens is 1. The van der Waals surface area contributed by atoms with Crippen LogP contribution in [0.15, 0.2) is 24.3 Å². The fraction of sp³-hybridized carbons (Fsp3) is 0.474. The van der Waals surface area contributed by atoms with E-state index >= 15 is 0 Å². The lowest BCUT2D eigenvalue weighted by atomic mass is 10.0. The summed E-state index contributed by atoms with van der Waals surface area (Å²) in [4.78, 5) is 26.1. The Morgan fingerprint density at radius 3 is 2.68 bits per heavy atom. The number of aromatic amines is 1. The first kappa shape index (κ1) is 19.0. The van der Waals surface area contributed by atoms with Gasteiger partial charge in [-0.05, 0) is 45.4 Å². The Morgan fingerprint density at radius 2 is 2.08 bits per heavy atom. The van der Waals surface area contributed by atoms with Gasteiger partial charge in [0, 0.05) is 23.0 Å². The molecule has 1 heterocycles. The lowest BCUT2D eigenvalue weighted by Crippen LogP contribution is -2.41. The van der Waals surface area contributed by atoms with Gasteiger partial charge in [0.25, 0.3) is 6.47 Å². The van der Waals surface area contributed by atoms with E-state index in [4.69, 9.17) is 15.2 Å². The van der Waals surface area contributed by atoms with Crippen LogP contribution in [0.4, 0.5) is 0 Å². The molecule has 2 aromatic rings. The van der Waals surface area contributed by atoms with Crippen LogP contribution >= 0.6 is 0 Å². The van der Waals surface area contributed by atoms with E-state index in [2.05, 4.69) is 4.98 Å². The number of benzene rings is 1. The molecule has 0 spiro atoms. The van der Waals surface area contributed by atoms with Gasteiger partial charge < -0.3 is 20.2 Å². The molecule has 0 saturated carbocycles. The molecule has 25 heavy (non-hydrogen) atoms.